The van der Waals surface area contributed by atoms with Gasteiger partial charge in [-0.25, -0.2) is 0 Å². The van der Waals surface area contributed by atoms with E-state index in [0.717, 1.165) is 25.7 Å². The normalized spacial score (nSPS) is 53.5. The Bertz CT molecular complexity index is 549. The topological polar surface area (TPSA) is 96.5 Å². The molecule has 5 aliphatic rings. The molecular weight excluding hydrogens is 387 g/mol. The minimum Gasteiger partial charge on any atom is -0.465 e. The maximum absolute atomic E-state index is 12.3. The Balaban J connectivity index is 1.25. The zero-order valence-electron chi connectivity index (χ0n) is 11.4. The van der Waals surface area contributed by atoms with Crippen molar-refractivity contribution in [1.29, 1.82) is 0 Å². The fraction of sp³-hybridized carbons (Fsp3) is 0.857. The van der Waals surface area contributed by atoms with Crippen molar-refractivity contribution in [3.8, 4) is 0 Å². The van der Waals surface area contributed by atoms with Crippen molar-refractivity contribution < 1.29 is 19.1 Å². The van der Waals surface area contributed by atoms with Crippen molar-refractivity contribution in [1.82, 2.24) is 10.6 Å². The summed E-state index contributed by atoms with van der Waals surface area (Å²) in [5, 5.41) is 6.42. The Morgan fingerprint density at radius 1 is 1.43 bits per heavy atom. The highest BCUT2D eigenvalue weighted by atomic mass is 127. The first-order valence-electron chi connectivity index (χ1n) is 7.62. The second-order valence-corrected chi connectivity index (χ2v) is 8.35. The van der Waals surface area contributed by atoms with Gasteiger partial charge in [0.05, 0.1) is 18.2 Å². The standard InChI is InChI=1S/C14H17IN2O4/c15-9(14-11(16-14)17-14)10(18)21-8-4-7-3-6(8)5-13(7)1-2-20-12(13)19/h6-9,11,16-17H,1-5H2. The molecule has 1 spiro atoms. The van der Waals surface area contributed by atoms with Crippen LogP contribution in [0.2, 0.25) is 0 Å². The molecule has 2 N–H and O–H groups in total. The van der Waals surface area contributed by atoms with Crippen LogP contribution in [0.1, 0.15) is 25.7 Å². The summed E-state index contributed by atoms with van der Waals surface area (Å²) >= 11 is 2.16. The highest BCUT2D eigenvalue weighted by molar-refractivity contribution is 14.1. The molecule has 0 aromatic carbocycles. The third-order valence-corrected chi connectivity index (χ3v) is 7.65. The molecule has 2 saturated carbocycles. The monoisotopic (exact) mass is 404 g/mol. The maximum atomic E-state index is 12.3. The predicted octanol–water partition coefficient (Wildman–Crippen LogP) is 0.294. The fourth-order valence-corrected chi connectivity index (χ4v) is 5.61. The molecule has 0 aromatic heterocycles. The summed E-state index contributed by atoms with van der Waals surface area (Å²) in [5.41, 5.74) is -0.428. The smallest absolute Gasteiger partial charge is 0.322 e. The highest BCUT2D eigenvalue weighted by Crippen LogP contribution is 2.60. The van der Waals surface area contributed by atoms with Gasteiger partial charge in [-0.1, -0.05) is 22.6 Å². The predicted molar refractivity (Wildman–Crippen MR) is 79.3 cm³/mol. The van der Waals surface area contributed by atoms with E-state index in [2.05, 4.69) is 33.2 Å². The molecule has 0 amide bonds. The minimum atomic E-state index is -0.253. The molecule has 3 aliphatic heterocycles. The van der Waals surface area contributed by atoms with E-state index in [9.17, 15) is 9.59 Å². The molecule has 2 bridgehead atoms. The zero-order chi connectivity index (χ0) is 14.4. The van der Waals surface area contributed by atoms with E-state index in [0.29, 0.717) is 24.6 Å². The number of rotatable bonds is 3. The van der Waals surface area contributed by atoms with E-state index in [-0.39, 0.29) is 33.0 Å². The lowest BCUT2D eigenvalue weighted by molar-refractivity contribution is -0.155. The molecule has 5 fully saturated rings. The fourth-order valence-electron chi connectivity index (χ4n) is 4.74. The average Bonchev–Trinajstić information content (AvgIpc) is 3.16. The molecule has 0 aromatic rings. The van der Waals surface area contributed by atoms with Crippen molar-refractivity contribution in [3.63, 3.8) is 0 Å². The van der Waals surface area contributed by atoms with Crippen LogP contribution in [-0.2, 0) is 19.1 Å². The van der Waals surface area contributed by atoms with Crippen LogP contribution in [0.15, 0.2) is 0 Å². The molecule has 6 nitrogen and oxygen atoms in total. The van der Waals surface area contributed by atoms with Gasteiger partial charge in [0.15, 0.2) is 0 Å². The van der Waals surface area contributed by atoms with E-state index >= 15 is 0 Å². The van der Waals surface area contributed by atoms with Crippen LogP contribution >= 0.6 is 22.6 Å². The number of cyclic esters (lactones) is 1. The summed E-state index contributed by atoms with van der Waals surface area (Å²) in [6.45, 7) is 0.559. The van der Waals surface area contributed by atoms with Gasteiger partial charge in [-0.3, -0.25) is 20.2 Å². The molecule has 5 rings (SSSR count). The van der Waals surface area contributed by atoms with Gasteiger partial charge in [-0.2, -0.15) is 0 Å². The molecule has 5 unspecified atom stereocenters. The zero-order valence-corrected chi connectivity index (χ0v) is 13.6. The Hall–Kier alpha value is -0.410. The number of carbonyl (C=O) groups excluding carboxylic acids is 2. The van der Waals surface area contributed by atoms with Crippen molar-refractivity contribution >= 4 is 34.5 Å². The number of nitrogens with one attached hydrogen (secondary N) is 2. The second kappa shape index (κ2) is 3.91. The van der Waals surface area contributed by atoms with Crippen molar-refractivity contribution in [3.05, 3.63) is 0 Å². The van der Waals surface area contributed by atoms with Crippen LogP contribution < -0.4 is 10.6 Å². The molecule has 0 radical (unpaired) electrons. The van der Waals surface area contributed by atoms with Gasteiger partial charge in [0.25, 0.3) is 0 Å². The molecule has 21 heavy (non-hydrogen) atoms. The van der Waals surface area contributed by atoms with Crippen LogP contribution in [0.25, 0.3) is 0 Å². The van der Waals surface area contributed by atoms with Gasteiger partial charge >= 0.3 is 11.9 Å². The van der Waals surface area contributed by atoms with Crippen LogP contribution in [0.4, 0.5) is 0 Å². The molecular formula is C14H17IN2O4. The largest absolute Gasteiger partial charge is 0.465 e. The van der Waals surface area contributed by atoms with Gasteiger partial charge in [0.2, 0.25) is 0 Å². The SMILES string of the molecule is O=C(OC1CC2CC1CC21CCOC1=O)C(I)C12NC1N2. The number of fused-ring (bicyclic) bond motifs is 4. The minimum absolute atomic E-state index is 0.00820. The number of hydrogen-bond acceptors (Lipinski definition) is 6. The quantitative estimate of drug-likeness (QED) is 0.304. The summed E-state index contributed by atoms with van der Waals surface area (Å²) in [4.78, 5) is 24.3. The highest BCUT2D eigenvalue weighted by Gasteiger charge is 2.76. The summed E-state index contributed by atoms with van der Waals surface area (Å²) in [6.07, 6.45) is 3.82. The second-order valence-electron chi connectivity index (χ2n) is 7.10. The van der Waals surface area contributed by atoms with Gasteiger partial charge < -0.3 is 9.47 Å². The first-order chi connectivity index (χ1) is 10.1. The Labute approximate surface area is 135 Å². The number of ether oxygens (including phenoxy) is 2. The lowest BCUT2D eigenvalue weighted by Gasteiger charge is -2.33. The molecule has 2 aliphatic carbocycles. The summed E-state index contributed by atoms with van der Waals surface area (Å²) in [6, 6.07) is 0. The molecule has 5 atom stereocenters. The number of halogens is 1. The van der Waals surface area contributed by atoms with E-state index < -0.39 is 0 Å². The van der Waals surface area contributed by atoms with Gasteiger partial charge in [0, 0.05) is 0 Å². The Morgan fingerprint density at radius 3 is 2.71 bits per heavy atom. The van der Waals surface area contributed by atoms with E-state index in [1.54, 1.807) is 0 Å². The van der Waals surface area contributed by atoms with Crippen LogP contribution in [0, 0.1) is 17.3 Å². The van der Waals surface area contributed by atoms with E-state index in [1.165, 1.54) is 0 Å². The third-order valence-electron chi connectivity index (χ3n) is 6.15. The lowest BCUT2D eigenvalue weighted by atomic mass is 9.71. The van der Waals surface area contributed by atoms with Crippen molar-refractivity contribution in [2.24, 2.45) is 17.3 Å². The van der Waals surface area contributed by atoms with Crippen molar-refractivity contribution in [2.45, 2.75) is 47.5 Å². The molecule has 3 saturated heterocycles. The first-order valence-corrected chi connectivity index (χ1v) is 8.87. The van der Waals surface area contributed by atoms with Crippen molar-refractivity contribution in [2.75, 3.05) is 6.61 Å². The van der Waals surface area contributed by atoms with Gasteiger partial charge in [0.1, 0.15) is 15.7 Å². The summed E-state index contributed by atoms with van der Waals surface area (Å²) < 4.78 is 10.8. The average molecular weight is 404 g/mol. The molecule has 7 heteroatoms. The Morgan fingerprint density at radius 2 is 2.19 bits per heavy atom. The van der Waals surface area contributed by atoms with Crippen LogP contribution in [0.3, 0.4) is 0 Å². The third kappa shape index (κ3) is 1.60. The van der Waals surface area contributed by atoms with Gasteiger partial charge in [-0.15, -0.1) is 0 Å². The van der Waals surface area contributed by atoms with E-state index in [1.807, 2.05) is 0 Å². The van der Waals surface area contributed by atoms with Crippen LogP contribution in [-0.4, -0.2) is 40.4 Å². The van der Waals surface area contributed by atoms with Crippen LogP contribution in [0.5, 0.6) is 0 Å². The van der Waals surface area contributed by atoms with E-state index in [4.69, 9.17) is 9.47 Å². The number of carbonyl (C=O) groups is 2. The lowest BCUT2D eigenvalue weighted by Crippen LogP contribution is -2.42. The maximum Gasteiger partial charge on any atom is 0.322 e. The number of esters is 2. The number of alkyl halides is 1. The Kier molecular flexibility index (Phi) is 2.44. The number of hydrogen-bond donors (Lipinski definition) is 2. The molecule has 3 heterocycles. The summed E-state index contributed by atoms with van der Waals surface area (Å²) in [7, 11) is 0. The molecule has 114 valence electrons. The first kappa shape index (κ1) is 13.1. The van der Waals surface area contributed by atoms with Gasteiger partial charge in [-0.05, 0) is 37.5 Å². The summed E-state index contributed by atoms with van der Waals surface area (Å²) in [5.74, 6) is 0.529.